The van der Waals surface area contributed by atoms with E-state index in [9.17, 15) is 21.6 Å². The molecule has 8 nitrogen and oxygen atoms in total. The minimum absolute atomic E-state index is 0.0809. The molecule has 0 saturated carbocycles. The molecule has 0 bridgehead atoms. The molecule has 1 N–H and O–H groups in total. The number of ether oxygens (including phenoxy) is 2. The SMILES string of the molecule is COc1ccc(S(=O)(=O)c2cc(OC)ccc2S(=O)(=O)c2ccc([C@H](C)NC(C)=O)cc2)cc1. The third-order valence-corrected chi connectivity index (χ3v) is 8.98. The highest BCUT2D eigenvalue weighted by molar-refractivity contribution is 7.94. The molecule has 1 atom stereocenters. The number of rotatable bonds is 8. The monoisotopic (exact) mass is 503 g/mol. The van der Waals surface area contributed by atoms with E-state index in [4.69, 9.17) is 9.47 Å². The number of methoxy groups -OCH3 is 2. The summed E-state index contributed by atoms with van der Waals surface area (Å²) < 4.78 is 64.1. The zero-order chi connectivity index (χ0) is 25.1. The van der Waals surface area contributed by atoms with Gasteiger partial charge in [0.1, 0.15) is 11.5 Å². The molecule has 0 saturated heterocycles. The first-order valence-electron chi connectivity index (χ1n) is 10.2. The molecule has 3 aromatic carbocycles. The van der Waals surface area contributed by atoms with Crippen molar-refractivity contribution in [3.8, 4) is 11.5 Å². The Morgan fingerprint density at radius 2 is 1.21 bits per heavy atom. The average Bonchev–Trinajstić information content (AvgIpc) is 2.83. The summed E-state index contributed by atoms with van der Waals surface area (Å²) in [5.74, 6) is 0.451. The molecular weight excluding hydrogens is 478 g/mol. The van der Waals surface area contributed by atoms with Crippen molar-refractivity contribution < 1.29 is 31.1 Å². The van der Waals surface area contributed by atoms with Gasteiger partial charge in [0.25, 0.3) is 0 Å². The van der Waals surface area contributed by atoms with E-state index in [0.29, 0.717) is 11.3 Å². The first-order valence-corrected chi connectivity index (χ1v) is 13.2. The van der Waals surface area contributed by atoms with Crippen LogP contribution in [0.1, 0.15) is 25.5 Å². The number of hydrogen-bond acceptors (Lipinski definition) is 7. The van der Waals surface area contributed by atoms with Gasteiger partial charge in [0, 0.05) is 13.0 Å². The van der Waals surface area contributed by atoms with Crippen LogP contribution < -0.4 is 14.8 Å². The number of nitrogens with one attached hydrogen (secondary N) is 1. The van der Waals surface area contributed by atoms with Gasteiger partial charge < -0.3 is 14.8 Å². The lowest BCUT2D eigenvalue weighted by Crippen LogP contribution is -2.23. The van der Waals surface area contributed by atoms with Crippen molar-refractivity contribution in [3.05, 3.63) is 72.3 Å². The normalized spacial score (nSPS) is 12.6. The second kappa shape index (κ2) is 9.86. The zero-order valence-corrected chi connectivity index (χ0v) is 20.7. The molecule has 10 heteroatoms. The van der Waals surface area contributed by atoms with Crippen LogP contribution in [0.3, 0.4) is 0 Å². The molecule has 34 heavy (non-hydrogen) atoms. The van der Waals surface area contributed by atoms with Gasteiger partial charge in [-0.3, -0.25) is 4.79 Å². The van der Waals surface area contributed by atoms with Crippen LogP contribution in [-0.2, 0) is 24.5 Å². The zero-order valence-electron chi connectivity index (χ0n) is 19.1. The van der Waals surface area contributed by atoms with E-state index in [0.717, 1.165) is 0 Å². The highest BCUT2D eigenvalue weighted by Crippen LogP contribution is 2.34. The van der Waals surface area contributed by atoms with Gasteiger partial charge >= 0.3 is 0 Å². The van der Waals surface area contributed by atoms with Crippen molar-refractivity contribution in [1.29, 1.82) is 0 Å². The Labute approximate surface area is 199 Å². The average molecular weight is 504 g/mol. The standard InChI is InChI=1S/C24H25NO7S2/c1-16(25-17(2)26)18-5-10-21(11-6-18)33(27,28)23-14-9-20(32-4)15-24(23)34(29,30)22-12-7-19(31-3)8-13-22/h5-16H,1-4H3,(H,25,26)/t16-/m0/s1. The molecule has 3 rings (SSSR count). The summed E-state index contributed by atoms with van der Waals surface area (Å²) in [5, 5.41) is 2.73. The van der Waals surface area contributed by atoms with Crippen molar-refractivity contribution in [2.75, 3.05) is 14.2 Å². The van der Waals surface area contributed by atoms with E-state index in [-0.39, 0.29) is 32.4 Å². The fraction of sp³-hybridized carbons (Fsp3) is 0.208. The second-order valence-electron chi connectivity index (χ2n) is 7.49. The number of carbonyl (C=O) groups is 1. The van der Waals surface area contributed by atoms with Crippen molar-refractivity contribution in [2.24, 2.45) is 0 Å². The largest absolute Gasteiger partial charge is 0.497 e. The molecule has 0 aliphatic heterocycles. The third kappa shape index (κ3) is 5.07. The maximum Gasteiger partial charge on any atom is 0.217 e. The van der Waals surface area contributed by atoms with Crippen LogP contribution in [0.2, 0.25) is 0 Å². The fourth-order valence-electron chi connectivity index (χ4n) is 3.38. The highest BCUT2D eigenvalue weighted by Gasteiger charge is 2.30. The number of sulfone groups is 2. The fourth-order valence-corrected chi connectivity index (χ4v) is 6.71. The Morgan fingerprint density at radius 1 is 0.735 bits per heavy atom. The van der Waals surface area contributed by atoms with Gasteiger partial charge in [0.15, 0.2) is 0 Å². The molecule has 0 radical (unpaired) electrons. The molecule has 0 fully saturated rings. The van der Waals surface area contributed by atoms with Gasteiger partial charge in [0.05, 0.1) is 39.8 Å². The van der Waals surface area contributed by atoms with E-state index in [1.807, 2.05) is 0 Å². The number of carbonyl (C=O) groups excluding carboxylic acids is 1. The lowest BCUT2D eigenvalue weighted by molar-refractivity contribution is -0.119. The predicted octanol–water partition coefficient (Wildman–Crippen LogP) is 3.57. The molecule has 0 aromatic heterocycles. The van der Waals surface area contributed by atoms with Crippen LogP contribution >= 0.6 is 0 Å². The van der Waals surface area contributed by atoms with Gasteiger partial charge in [-0.25, -0.2) is 16.8 Å². The minimum atomic E-state index is -4.22. The Balaban J connectivity index is 2.11. The smallest absolute Gasteiger partial charge is 0.217 e. The molecule has 0 unspecified atom stereocenters. The molecular formula is C24H25NO7S2. The maximum absolute atomic E-state index is 13.5. The number of hydrogen-bond donors (Lipinski definition) is 1. The maximum atomic E-state index is 13.5. The van der Waals surface area contributed by atoms with Crippen molar-refractivity contribution in [3.63, 3.8) is 0 Å². The van der Waals surface area contributed by atoms with Crippen LogP contribution in [0.4, 0.5) is 0 Å². The first kappa shape index (κ1) is 25.3. The summed E-state index contributed by atoms with van der Waals surface area (Å²) in [7, 11) is -5.61. The lowest BCUT2D eigenvalue weighted by Gasteiger charge is -2.15. The Hall–Kier alpha value is -3.37. The van der Waals surface area contributed by atoms with Crippen LogP contribution in [0.25, 0.3) is 0 Å². The van der Waals surface area contributed by atoms with Crippen LogP contribution in [-0.4, -0.2) is 37.0 Å². The molecule has 3 aromatic rings. The van der Waals surface area contributed by atoms with Crippen molar-refractivity contribution >= 4 is 25.6 Å². The Morgan fingerprint density at radius 3 is 1.71 bits per heavy atom. The Bertz CT molecular complexity index is 1400. The van der Waals surface area contributed by atoms with Crippen molar-refractivity contribution in [1.82, 2.24) is 5.32 Å². The molecule has 0 aliphatic carbocycles. The number of benzene rings is 3. The van der Waals surface area contributed by atoms with E-state index in [2.05, 4.69) is 5.32 Å². The third-order valence-electron chi connectivity index (χ3n) is 5.21. The molecule has 0 spiro atoms. The first-order chi connectivity index (χ1) is 16.0. The lowest BCUT2D eigenvalue weighted by atomic mass is 10.1. The summed E-state index contributed by atoms with van der Waals surface area (Å²) >= 11 is 0. The highest BCUT2D eigenvalue weighted by atomic mass is 32.2. The van der Waals surface area contributed by atoms with Gasteiger partial charge in [-0.1, -0.05) is 12.1 Å². The summed E-state index contributed by atoms with van der Waals surface area (Å²) in [6.07, 6.45) is 0. The summed E-state index contributed by atoms with van der Waals surface area (Å²) in [5.41, 5.74) is 0.704. The van der Waals surface area contributed by atoms with Crippen LogP contribution in [0.5, 0.6) is 11.5 Å². The quantitative estimate of drug-likeness (QED) is 0.500. The predicted molar refractivity (Wildman–Crippen MR) is 126 cm³/mol. The van der Waals surface area contributed by atoms with E-state index < -0.39 is 24.6 Å². The van der Waals surface area contributed by atoms with Gasteiger partial charge in [-0.15, -0.1) is 0 Å². The molecule has 0 aliphatic rings. The Kier molecular flexibility index (Phi) is 7.32. The van der Waals surface area contributed by atoms with Gasteiger partial charge in [-0.2, -0.15) is 0 Å². The van der Waals surface area contributed by atoms with Crippen LogP contribution in [0.15, 0.2) is 86.3 Å². The molecule has 1 amide bonds. The molecule has 180 valence electrons. The topological polar surface area (TPSA) is 116 Å². The van der Waals surface area contributed by atoms with Gasteiger partial charge in [-0.05, 0) is 61.0 Å². The van der Waals surface area contributed by atoms with E-state index in [1.165, 1.54) is 75.7 Å². The van der Waals surface area contributed by atoms with Gasteiger partial charge in [0.2, 0.25) is 25.6 Å². The summed E-state index contributed by atoms with van der Waals surface area (Å²) in [6.45, 7) is 3.16. The minimum Gasteiger partial charge on any atom is -0.497 e. The van der Waals surface area contributed by atoms with E-state index in [1.54, 1.807) is 19.1 Å². The molecule has 0 heterocycles. The number of amides is 1. The summed E-state index contributed by atoms with van der Waals surface area (Å²) in [6, 6.07) is 15.1. The second-order valence-corrected chi connectivity index (χ2v) is 11.3. The van der Waals surface area contributed by atoms with E-state index >= 15 is 0 Å². The van der Waals surface area contributed by atoms with Crippen LogP contribution in [0, 0.1) is 0 Å². The van der Waals surface area contributed by atoms with Crippen molar-refractivity contribution in [2.45, 2.75) is 39.5 Å². The summed E-state index contributed by atoms with van der Waals surface area (Å²) in [4.78, 5) is 10.4.